The summed E-state index contributed by atoms with van der Waals surface area (Å²) in [6.45, 7) is 0.421. The van der Waals surface area contributed by atoms with E-state index in [1.54, 1.807) is 30.3 Å². The van der Waals surface area contributed by atoms with Crippen LogP contribution in [0.5, 0.6) is 5.75 Å². The van der Waals surface area contributed by atoms with Crippen LogP contribution in [0.1, 0.15) is 15.9 Å². The molecule has 0 aliphatic heterocycles. The third kappa shape index (κ3) is 3.17. The maximum atomic E-state index is 11.0. The van der Waals surface area contributed by atoms with Gasteiger partial charge in [0, 0.05) is 12.2 Å². The van der Waals surface area contributed by atoms with Crippen LogP contribution in [0.4, 0.5) is 5.69 Å². The molecule has 0 fully saturated rings. The first-order valence-electron chi connectivity index (χ1n) is 5.61. The summed E-state index contributed by atoms with van der Waals surface area (Å²) in [6, 6.07) is 11.5. The van der Waals surface area contributed by atoms with Gasteiger partial charge in [-0.2, -0.15) is 0 Å². The van der Waals surface area contributed by atoms with Gasteiger partial charge in [-0.3, -0.25) is 0 Å². The molecule has 0 unspecified atom stereocenters. The molecule has 0 aliphatic carbocycles. The molecule has 5 heteroatoms. The van der Waals surface area contributed by atoms with Crippen LogP contribution >= 0.6 is 11.6 Å². The number of aromatic hydroxyl groups is 1. The Morgan fingerprint density at radius 3 is 2.63 bits per heavy atom. The van der Waals surface area contributed by atoms with Gasteiger partial charge in [0.05, 0.1) is 10.6 Å². The van der Waals surface area contributed by atoms with E-state index in [9.17, 15) is 9.90 Å². The van der Waals surface area contributed by atoms with Gasteiger partial charge in [0.1, 0.15) is 5.75 Å². The number of anilines is 1. The van der Waals surface area contributed by atoms with Crippen molar-refractivity contribution >= 4 is 23.3 Å². The molecule has 98 valence electrons. The Morgan fingerprint density at radius 2 is 1.95 bits per heavy atom. The molecule has 0 saturated heterocycles. The van der Waals surface area contributed by atoms with Crippen molar-refractivity contribution in [1.82, 2.24) is 0 Å². The van der Waals surface area contributed by atoms with Crippen molar-refractivity contribution in [2.24, 2.45) is 0 Å². The van der Waals surface area contributed by atoms with Crippen molar-refractivity contribution in [2.75, 3.05) is 5.32 Å². The van der Waals surface area contributed by atoms with Crippen LogP contribution in [0.15, 0.2) is 42.5 Å². The summed E-state index contributed by atoms with van der Waals surface area (Å²) in [5.41, 5.74) is 1.61. The molecule has 2 rings (SSSR count). The van der Waals surface area contributed by atoms with Gasteiger partial charge in [-0.05, 0) is 29.8 Å². The zero-order chi connectivity index (χ0) is 13.8. The van der Waals surface area contributed by atoms with Crippen molar-refractivity contribution in [1.29, 1.82) is 0 Å². The highest BCUT2D eigenvalue weighted by atomic mass is 35.5. The fourth-order valence-electron chi connectivity index (χ4n) is 1.68. The summed E-state index contributed by atoms with van der Waals surface area (Å²) in [5.74, 6) is -0.955. The molecule has 19 heavy (non-hydrogen) atoms. The van der Waals surface area contributed by atoms with Gasteiger partial charge >= 0.3 is 5.97 Å². The normalized spacial score (nSPS) is 10.2. The largest absolute Gasteiger partial charge is 0.506 e. The topological polar surface area (TPSA) is 69.6 Å². The van der Waals surface area contributed by atoms with Crippen LogP contribution in [-0.4, -0.2) is 16.2 Å². The molecular weight excluding hydrogens is 266 g/mol. The number of hydrogen-bond acceptors (Lipinski definition) is 3. The number of nitrogens with one attached hydrogen (secondary N) is 1. The minimum absolute atomic E-state index is 0.0244. The predicted molar refractivity (Wildman–Crippen MR) is 73.8 cm³/mol. The zero-order valence-corrected chi connectivity index (χ0v) is 10.7. The Balaban J connectivity index is 2.14. The fraction of sp³-hybridized carbons (Fsp3) is 0.0714. The van der Waals surface area contributed by atoms with E-state index in [1.165, 1.54) is 12.1 Å². The van der Waals surface area contributed by atoms with Crippen molar-refractivity contribution < 1.29 is 15.0 Å². The van der Waals surface area contributed by atoms with Crippen LogP contribution in [-0.2, 0) is 6.54 Å². The Labute approximate surface area is 115 Å². The molecule has 0 heterocycles. The highest BCUT2D eigenvalue weighted by molar-refractivity contribution is 6.32. The van der Waals surface area contributed by atoms with Gasteiger partial charge < -0.3 is 15.5 Å². The van der Waals surface area contributed by atoms with Gasteiger partial charge in [-0.15, -0.1) is 0 Å². The lowest BCUT2D eigenvalue weighted by atomic mass is 10.1. The van der Waals surface area contributed by atoms with E-state index in [-0.39, 0.29) is 16.3 Å². The van der Waals surface area contributed by atoms with Gasteiger partial charge in [-0.1, -0.05) is 29.8 Å². The van der Waals surface area contributed by atoms with Gasteiger partial charge in [-0.25, -0.2) is 4.79 Å². The molecule has 0 amide bonds. The average molecular weight is 278 g/mol. The number of para-hydroxylation sites is 1. The molecule has 0 saturated carbocycles. The minimum Gasteiger partial charge on any atom is -0.506 e. The molecular formula is C14H12ClNO3. The summed E-state index contributed by atoms with van der Waals surface area (Å²) < 4.78 is 0. The number of carboxylic acid groups (broad SMARTS) is 1. The van der Waals surface area contributed by atoms with Crippen molar-refractivity contribution in [3.05, 3.63) is 58.6 Å². The van der Waals surface area contributed by atoms with E-state index in [2.05, 4.69) is 5.32 Å². The predicted octanol–water partition coefficient (Wildman–Crippen LogP) is 3.36. The lowest BCUT2D eigenvalue weighted by Gasteiger charge is -2.10. The zero-order valence-electron chi connectivity index (χ0n) is 9.93. The standard InChI is InChI=1S/C14H12ClNO3/c15-11-7-9(5-6-13(11)17)8-16-12-4-2-1-3-10(12)14(18)19/h1-7,16-17H,8H2,(H,18,19). The van der Waals surface area contributed by atoms with Crippen molar-refractivity contribution in [2.45, 2.75) is 6.54 Å². The molecule has 0 aliphatic rings. The molecule has 3 N–H and O–H groups in total. The Hall–Kier alpha value is -2.20. The van der Waals surface area contributed by atoms with E-state index in [0.717, 1.165) is 5.56 Å². The number of phenolic OH excluding ortho intramolecular Hbond substituents is 1. The lowest BCUT2D eigenvalue weighted by molar-refractivity contribution is 0.0698. The molecule has 0 aromatic heterocycles. The Kier molecular flexibility index (Phi) is 3.92. The monoisotopic (exact) mass is 277 g/mol. The Morgan fingerprint density at radius 1 is 1.21 bits per heavy atom. The average Bonchev–Trinajstić information content (AvgIpc) is 2.40. The number of phenols is 1. The first-order valence-corrected chi connectivity index (χ1v) is 5.99. The number of carbonyl (C=O) groups is 1. The van der Waals surface area contributed by atoms with Crippen LogP contribution in [0.3, 0.4) is 0 Å². The Bertz CT molecular complexity index is 613. The highest BCUT2D eigenvalue weighted by Crippen LogP contribution is 2.24. The quantitative estimate of drug-likeness (QED) is 0.801. The summed E-state index contributed by atoms with van der Waals surface area (Å²) in [5, 5.41) is 21.7. The van der Waals surface area contributed by atoms with E-state index in [0.29, 0.717) is 12.2 Å². The number of halogens is 1. The molecule has 0 atom stereocenters. The summed E-state index contributed by atoms with van der Waals surface area (Å²) >= 11 is 5.81. The van der Waals surface area contributed by atoms with Crippen molar-refractivity contribution in [3.8, 4) is 5.75 Å². The van der Waals surface area contributed by atoms with E-state index in [1.807, 2.05) is 0 Å². The second-order valence-electron chi connectivity index (χ2n) is 3.99. The summed E-state index contributed by atoms with van der Waals surface area (Å²) in [7, 11) is 0. The van der Waals surface area contributed by atoms with E-state index < -0.39 is 5.97 Å². The number of benzene rings is 2. The molecule has 4 nitrogen and oxygen atoms in total. The third-order valence-corrected chi connectivity index (χ3v) is 2.96. The number of carboxylic acids is 1. The molecule has 0 radical (unpaired) electrons. The minimum atomic E-state index is -0.980. The smallest absolute Gasteiger partial charge is 0.337 e. The second kappa shape index (κ2) is 5.63. The molecule has 0 bridgehead atoms. The van der Waals surface area contributed by atoms with Crippen LogP contribution < -0.4 is 5.32 Å². The number of aromatic carboxylic acids is 1. The van der Waals surface area contributed by atoms with Crippen molar-refractivity contribution in [3.63, 3.8) is 0 Å². The number of hydrogen-bond donors (Lipinski definition) is 3. The summed E-state index contributed by atoms with van der Waals surface area (Å²) in [6.07, 6.45) is 0. The van der Waals surface area contributed by atoms with E-state index in [4.69, 9.17) is 16.7 Å². The SMILES string of the molecule is O=C(O)c1ccccc1NCc1ccc(O)c(Cl)c1. The van der Waals surface area contributed by atoms with Crippen LogP contribution in [0, 0.1) is 0 Å². The maximum Gasteiger partial charge on any atom is 0.337 e. The number of rotatable bonds is 4. The van der Waals surface area contributed by atoms with E-state index >= 15 is 0 Å². The third-order valence-electron chi connectivity index (χ3n) is 2.65. The highest BCUT2D eigenvalue weighted by Gasteiger charge is 2.08. The van der Waals surface area contributed by atoms with Crippen LogP contribution in [0.25, 0.3) is 0 Å². The molecule has 0 spiro atoms. The van der Waals surface area contributed by atoms with Gasteiger partial charge in [0.2, 0.25) is 0 Å². The first kappa shape index (κ1) is 13.2. The summed E-state index contributed by atoms with van der Waals surface area (Å²) in [4.78, 5) is 11.0. The fourth-order valence-corrected chi connectivity index (χ4v) is 1.88. The second-order valence-corrected chi connectivity index (χ2v) is 4.40. The van der Waals surface area contributed by atoms with Gasteiger partial charge in [0.15, 0.2) is 0 Å². The maximum absolute atomic E-state index is 11.0. The van der Waals surface area contributed by atoms with Crippen LogP contribution in [0.2, 0.25) is 5.02 Å². The van der Waals surface area contributed by atoms with Gasteiger partial charge in [0.25, 0.3) is 0 Å². The first-order chi connectivity index (χ1) is 9.08. The lowest BCUT2D eigenvalue weighted by Crippen LogP contribution is -2.06. The molecule has 2 aromatic rings. The molecule has 2 aromatic carbocycles.